The molecule has 0 unspecified atom stereocenters. The summed E-state index contributed by atoms with van der Waals surface area (Å²) in [4.78, 5) is 11.5. The van der Waals surface area contributed by atoms with E-state index >= 15 is 0 Å². The molecule has 0 aliphatic carbocycles. The molecule has 1 N–H and O–H groups in total. The predicted octanol–water partition coefficient (Wildman–Crippen LogP) is 2.05. The van der Waals surface area contributed by atoms with Gasteiger partial charge in [-0.25, -0.2) is 4.79 Å². The molecule has 0 aromatic heterocycles. The van der Waals surface area contributed by atoms with E-state index in [0.717, 1.165) is 16.6 Å². The van der Waals surface area contributed by atoms with E-state index in [0.29, 0.717) is 6.61 Å². The first-order valence-corrected chi connectivity index (χ1v) is 8.14. The summed E-state index contributed by atoms with van der Waals surface area (Å²) in [6, 6.07) is 5.55. The summed E-state index contributed by atoms with van der Waals surface area (Å²) in [6.45, 7) is 9.95. The Morgan fingerprint density at radius 3 is 2.42 bits per heavy atom. The molecular weight excluding hydrogens is 307 g/mol. The van der Waals surface area contributed by atoms with Crippen molar-refractivity contribution in [3.8, 4) is 0 Å². The van der Waals surface area contributed by atoms with Crippen molar-refractivity contribution < 1.29 is 23.9 Å². The number of rotatable bonds is 5. The molecule has 0 bridgehead atoms. The number of carbonyl (C=O) groups excluding carboxylic acids is 1. The lowest BCUT2D eigenvalue weighted by Crippen LogP contribution is -2.41. The van der Waals surface area contributed by atoms with Crippen molar-refractivity contribution in [1.82, 2.24) is 0 Å². The molecule has 1 fully saturated rings. The Morgan fingerprint density at radius 1 is 1.25 bits per heavy atom. The van der Waals surface area contributed by atoms with Crippen molar-refractivity contribution >= 4 is 24.6 Å². The molecule has 1 aliphatic heterocycles. The Labute approximate surface area is 143 Å². The van der Waals surface area contributed by atoms with Gasteiger partial charge in [-0.05, 0) is 57.3 Å². The quantitative estimate of drug-likeness (QED) is 0.508. The summed E-state index contributed by atoms with van der Waals surface area (Å²) in [6.07, 6.45) is 2.99. The van der Waals surface area contributed by atoms with Gasteiger partial charge in [0, 0.05) is 6.08 Å². The van der Waals surface area contributed by atoms with Crippen LogP contribution < -0.4 is 5.46 Å². The number of hydrogen-bond donors (Lipinski definition) is 1. The van der Waals surface area contributed by atoms with E-state index in [1.807, 2.05) is 45.9 Å². The van der Waals surface area contributed by atoms with Crippen LogP contribution in [0.4, 0.5) is 0 Å². The Bertz CT molecular complexity index is 620. The molecule has 0 amide bonds. The number of esters is 1. The maximum Gasteiger partial charge on any atom is 0.494 e. The largest absolute Gasteiger partial charge is 0.494 e. The lowest BCUT2D eigenvalue weighted by molar-refractivity contribution is -0.137. The first-order chi connectivity index (χ1) is 11.2. The maximum absolute atomic E-state index is 11.5. The molecule has 0 saturated carbocycles. The van der Waals surface area contributed by atoms with Gasteiger partial charge in [0.25, 0.3) is 0 Å². The van der Waals surface area contributed by atoms with Gasteiger partial charge in [0.05, 0.1) is 24.4 Å². The third-order valence-corrected chi connectivity index (χ3v) is 4.55. The monoisotopic (exact) mass is 332 g/mol. The highest BCUT2D eigenvalue weighted by molar-refractivity contribution is 6.62. The number of ether oxygens (including phenoxy) is 1. The second-order valence-corrected chi connectivity index (χ2v) is 6.79. The minimum atomic E-state index is -0.488. The normalized spacial score (nSPS) is 19.0. The third-order valence-electron chi connectivity index (χ3n) is 4.55. The van der Waals surface area contributed by atoms with Crippen LogP contribution in [0.15, 0.2) is 24.3 Å². The van der Waals surface area contributed by atoms with E-state index in [4.69, 9.17) is 14.0 Å². The average molecular weight is 332 g/mol. The molecule has 6 heteroatoms. The highest BCUT2D eigenvalue weighted by atomic mass is 16.7. The van der Waals surface area contributed by atoms with E-state index < -0.39 is 24.3 Å². The summed E-state index contributed by atoms with van der Waals surface area (Å²) < 4.78 is 17.0. The molecule has 24 heavy (non-hydrogen) atoms. The van der Waals surface area contributed by atoms with Crippen LogP contribution in [0.3, 0.4) is 0 Å². The van der Waals surface area contributed by atoms with Gasteiger partial charge < -0.3 is 19.2 Å². The zero-order valence-electron chi connectivity index (χ0n) is 15.0. The van der Waals surface area contributed by atoms with Crippen LogP contribution in [0.1, 0.15) is 45.7 Å². The van der Waals surface area contributed by atoms with Crippen LogP contribution in [0.5, 0.6) is 0 Å². The van der Waals surface area contributed by atoms with E-state index in [-0.39, 0.29) is 6.61 Å². The minimum Gasteiger partial charge on any atom is -0.463 e. The fourth-order valence-corrected chi connectivity index (χ4v) is 2.39. The minimum absolute atomic E-state index is 0.119. The van der Waals surface area contributed by atoms with Crippen molar-refractivity contribution in [2.45, 2.75) is 52.4 Å². The Kier molecular flexibility index (Phi) is 5.53. The molecule has 2 rings (SSSR count). The van der Waals surface area contributed by atoms with Gasteiger partial charge in [-0.1, -0.05) is 18.2 Å². The van der Waals surface area contributed by atoms with Gasteiger partial charge in [0.2, 0.25) is 0 Å². The zero-order valence-corrected chi connectivity index (χ0v) is 15.0. The summed E-state index contributed by atoms with van der Waals surface area (Å²) in [5.74, 6) is -0.414. The zero-order chi connectivity index (χ0) is 18.0. The van der Waals surface area contributed by atoms with Gasteiger partial charge in [0.15, 0.2) is 0 Å². The highest BCUT2D eigenvalue weighted by Crippen LogP contribution is 2.36. The molecule has 0 spiro atoms. The first-order valence-electron chi connectivity index (χ1n) is 8.14. The van der Waals surface area contributed by atoms with Crippen LogP contribution in [0.25, 0.3) is 6.08 Å². The van der Waals surface area contributed by atoms with Gasteiger partial charge in [-0.3, -0.25) is 0 Å². The topological polar surface area (TPSA) is 65.0 Å². The molecule has 1 aliphatic rings. The molecule has 0 radical (unpaired) electrons. The van der Waals surface area contributed by atoms with Gasteiger partial charge in [0.1, 0.15) is 0 Å². The summed E-state index contributed by atoms with van der Waals surface area (Å²) in [5, 5.41) is 9.50. The van der Waals surface area contributed by atoms with Crippen LogP contribution in [0.2, 0.25) is 0 Å². The fraction of sp³-hybridized carbons (Fsp3) is 0.500. The van der Waals surface area contributed by atoms with E-state index in [2.05, 4.69) is 0 Å². The SMILES string of the molecule is CCOC(=O)C=Cc1cc(B2OC(C)(C)C(C)(C)O2)ccc1CO. The number of carbonyl (C=O) groups is 1. The van der Waals surface area contributed by atoms with Crippen LogP contribution in [0, 0.1) is 0 Å². The Morgan fingerprint density at radius 2 is 1.88 bits per heavy atom. The highest BCUT2D eigenvalue weighted by Gasteiger charge is 2.51. The van der Waals surface area contributed by atoms with Crippen molar-refractivity contribution in [2.75, 3.05) is 6.61 Å². The molecule has 1 aromatic rings. The molecule has 5 nitrogen and oxygen atoms in total. The third kappa shape index (κ3) is 3.88. The van der Waals surface area contributed by atoms with Crippen molar-refractivity contribution in [1.29, 1.82) is 0 Å². The second-order valence-electron chi connectivity index (χ2n) is 6.79. The molecular formula is C18H25BO5. The van der Waals surface area contributed by atoms with Crippen LogP contribution >= 0.6 is 0 Å². The Hall–Kier alpha value is -1.63. The summed E-state index contributed by atoms with van der Waals surface area (Å²) >= 11 is 0. The molecule has 1 heterocycles. The van der Waals surface area contributed by atoms with Crippen molar-refractivity contribution in [3.63, 3.8) is 0 Å². The predicted molar refractivity (Wildman–Crippen MR) is 93.7 cm³/mol. The van der Waals surface area contributed by atoms with Gasteiger partial charge in [-0.15, -0.1) is 0 Å². The van der Waals surface area contributed by atoms with Crippen molar-refractivity contribution in [3.05, 3.63) is 35.4 Å². The smallest absolute Gasteiger partial charge is 0.463 e. The lowest BCUT2D eigenvalue weighted by Gasteiger charge is -2.32. The number of hydrogen-bond acceptors (Lipinski definition) is 5. The number of aliphatic hydroxyl groups excluding tert-OH is 1. The fourth-order valence-electron chi connectivity index (χ4n) is 2.39. The molecule has 0 atom stereocenters. The lowest BCUT2D eigenvalue weighted by atomic mass is 9.77. The van der Waals surface area contributed by atoms with Crippen molar-refractivity contribution in [2.24, 2.45) is 0 Å². The first kappa shape index (κ1) is 18.7. The van der Waals surface area contributed by atoms with Crippen LogP contribution in [-0.2, 0) is 25.4 Å². The average Bonchev–Trinajstić information content (AvgIpc) is 2.73. The summed E-state index contributed by atoms with van der Waals surface area (Å²) in [5.41, 5.74) is 1.45. The second kappa shape index (κ2) is 7.09. The van der Waals surface area contributed by atoms with Gasteiger partial charge >= 0.3 is 13.1 Å². The van der Waals surface area contributed by atoms with Gasteiger partial charge in [-0.2, -0.15) is 0 Å². The van der Waals surface area contributed by atoms with Crippen LogP contribution in [-0.4, -0.2) is 36.0 Å². The van der Waals surface area contributed by atoms with E-state index in [1.54, 1.807) is 13.0 Å². The standard InChI is InChI=1S/C18H25BO5/c1-6-22-16(21)10-8-13-11-15(9-7-14(13)12-20)19-23-17(2,3)18(4,5)24-19/h7-11,20H,6,12H2,1-5H3. The molecule has 1 aromatic carbocycles. The molecule has 130 valence electrons. The maximum atomic E-state index is 11.5. The Balaban J connectivity index is 2.28. The van der Waals surface area contributed by atoms with E-state index in [1.165, 1.54) is 6.08 Å². The molecule has 1 saturated heterocycles. The summed E-state index contributed by atoms with van der Waals surface area (Å²) in [7, 11) is -0.488. The number of aliphatic hydroxyl groups is 1. The number of benzene rings is 1. The van der Waals surface area contributed by atoms with E-state index in [9.17, 15) is 9.90 Å².